The first-order valence-electron chi connectivity index (χ1n) is 23.2. The third-order valence-corrected chi connectivity index (χ3v) is 16.3. The summed E-state index contributed by atoms with van der Waals surface area (Å²) < 4.78 is 32.5. The number of hydrogen-bond donors (Lipinski definition) is 1. The molecule has 0 bridgehead atoms. The second-order valence-corrected chi connectivity index (χ2v) is 21.1. The molecule has 2 aliphatic rings. The number of ether oxygens (including phenoxy) is 5. The maximum absolute atomic E-state index is 10.8. The number of aryl methyl sites for hydroxylation is 2. The number of pyridine rings is 4. The summed E-state index contributed by atoms with van der Waals surface area (Å²) in [5, 5.41) is 28.1. The molecule has 8 aromatic rings. The minimum absolute atomic E-state index is 0. The van der Waals surface area contributed by atoms with Crippen LogP contribution in [0.3, 0.4) is 0 Å². The SMILES string of the molecule is CCCCCCc1sc2sc(-c3ccnc(-c4cc(-c5sc6sc(CCCCCC)c7c6c5OCCO7)ccn4)c3)c3c2c1OCCO3.O=COc1ccnc(-c2cc(C(=O)O)ccn2)c1.[N-]=C=S.[N-]=C=S.[Ru+2]. The minimum atomic E-state index is -1.04. The Morgan fingerprint density at radius 2 is 1.04 bits per heavy atom. The fraction of sp³-hybridized carbons (Fsp3) is 0.308. The van der Waals surface area contributed by atoms with Gasteiger partial charge in [-0.3, -0.25) is 24.7 Å². The molecule has 1 N–H and O–H groups in total. The van der Waals surface area contributed by atoms with Crippen LogP contribution < -0.4 is 23.7 Å². The largest absolute Gasteiger partial charge is 2.00 e. The van der Waals surface area contributed by atoms with Gasteiger partial charge in [0.05, 0.1) is 56.9 Å². The Bertz CT molecular complexity index is 3060. The van der Waals surface area contributed by atoms with E-state index in [1.54, 1.807) is 22.7 Å². The zero-order valence-corrected chi connectivity index (χ0v) is 46.3. The van der Waals surface area contributed by atoms with Crippen molar-refractivity contribution in [3.05, 3.63) is 99.5 Å². The summed E-state index contributed by atoms with van der Waals surface area (Å²) in [7, 11) is 0. The van der Waals surface area contributed by atoms with E-state index >= 15 is 0 Å². The summed E-state index contributed by atoms with van der Waals surface area (Å²) >= 11 is 14.7. The molecule has 10 heterocycles. The molecule has 14 nitrogen and oxygen atoms in total. The van der Waals surface area contributed by atoms with E-state index in [1.807, 2.05) is 35.1 Å². The van der Waals surface area contributed by atoms with Crippen molar-refractivity contribution >= 4 is 111 Å². The number of aromatic nitrogens is 4. The van der Waals surface area contributed by atoms with Crippen LogP contribution in [-0.2, 0) is 37.1 Å². The van der Waals surface area contributed by atoms with Crippen LogP contribution in [0.25, 0.3) is 73.3 Å². The Balaban J connectivity index is 0.000000290. The summed E-state index contributed by atoms with van der Waals surface area (Å²) in [4.78, 5) is 43.7. The van der Waals surface area contributed by atoms with Crippen LogP contribution in [-0.4, -0.2) is 74.2 Å². The predicted molar refractivity (Wildman–Crippen MR) is 296 cm³/mol. The molecule has 0 fully saturated rings. The maximum atomic E-state index is 10.8. The van der Waals surface area contributed by atoms with E-state index in [-0.39, 0.29) is 25.0 Å². The second kappa shape index (κ2) is 28.7. The van der Waals surface area contributed by atoms with E-state index < -0.39 is 5.97 Å². The van der Waals surface area contributed by atoms with Crippen molar-refractivity contribution in [2.24, 2.45) is 0 Å². The van der Waals surface area contributed by atoms with Gasteiger partial charge < -0.3 is 39.6 Å². The van der Waals surface area contributed by atoms with Crippen LogP contribution in [0.4, 0.5) is 0 Å². The molecule has 0 atom stereocenters. The van der Waals surface area contributed by atoms with Gasteiger partial charge in [-0.15, -0.1) is 45.3 Å². The molecule has 0 amide bonds. The number of carbonyl (C=O) groups excluding carboxylic acids is 1. The van der Waals surface area contributed by atoms with E-state index in [0.717, 1.165) is 78.9 Å². The number of hydrogen-bond acceptors (Lipinski definition) is 17. The van der Waals surface area contributed by atoms with Gasteiger partial charge >= 0.3 is 25.4 Å². The standard InChI is InChI=1S/C38H40N2O4S4.C12H8N2O4.2CNS.Ru/c1-3-5-7-9-11-27-31-29-33(43-19-17-41-31)35(47-37(29)45-27)23-13-15-39-25(21-23)26-22-24(14-16-40-26)36-34-30-32(42-18-20-44-34)28(46-38(30)48-36)12-10-8-6-4-2;15-7-18-9-2-4-14-11(6-9)10-5-8(12(16)17)1-3-13-10;2*2-1-3;/h13-16,21-22H,3-12,17-20H2,1-2H3;1-7H,(H,16,17);;;/q;;2*-1;+2. The zero-order chi connectivity index (χ0) is 50.8. The number of carbonyl (C=O) groups is 2. The van der Waals surface area contributed by atoms with Crippen molar-refractivity contribution < 1.29 is 57.9 Å². The number of carboxylic acid groups (broad SMARTS) is 1. The summed E-state index contributed by atoms with van der Waals surface area (Å²) in [6, 6.07) is 14.3. The Morgan fingerprint density at radius 1 is 0.630 bits per heavy atom. The molecule has 0 aliphatic carbocycles. The van der Waals surface area contributed by atoms with E-state index in [0.29, 0.717) is 50.0 Å². The minimum Gasteiger partial charge on any atom is -0.753 e. The van der Waals surface area contributed by atoms with Gasteiger partial charge in [-0.05, 0) is 79.3 Å². The van der Waals surface area contributed by atoms with Gasteiger partial charge in [0, 0.05) is 40.6 Å². The van der Waals surface area contributed by atoms with Gasteiger partial charge in [-0.2, -0.15) is 10.3 Å². The Kier molecular flexibility index (Phi) is 22.2. The van der Waals surface area contributed by atoms with Crippen molar-refractivity contribution in [3.63, 3.8) is 0 Å². The van der Waals surface area contributed by atoms with Crippen molar-refractivity contribution in [1.29, 1.82) is 0 Å². The van der Waals surface area contributed by atoms with E-state index in [2.05, 4.69) is 77.3 Å². The van der Waals surface area contributed by atoms with Crippen LogP contribution >= 0.6 is 69.8 Å². The van der Waals surface area contributed by atoms with Crippen LogP contribution in [0, 0.1) is 0 Å². The van der Waals surface area contributed by atoms with E-state index in [4.69, 9.17) is 44.8 Å². The van der Waals surface area contributed by atoms with Crippen molar-refractivity contribution in [3.8, 4) is 72.4 Å². The molecule has 21 heteroatoms. The monoisotopic (exact) mass is 1180 g/mol. The van der Waals surface area contributed by atoms with E-state index in [9.17, 15) is 9.59 Å². The van der Waals surface area contributed by atoms with Gasteiger partial charge in [-0.1, -0.05) is 76.8 Å². The Morgan fingerprint density at radius 3 is 1.48 bits per heavy atom. The third kappa shape index (κ3) is 14.1. The van der Waals surface area contributed by atoms with E-state index in [1.165, 1.54) is 116 Å². The first-order chi connectivity index (χ1) is 35.3. The molecule has 8 aromatic heterocycles. The van der Waals surface area contributed by atoms with Crippen molar-refractivity contribution in [2.75, 3.05) is 26.4 Å². The fourth-order valence-electron chi connectivity index (χ4n) is 8.02. The molecular weight excluding hydrogens is 1130 g/mol. The van der Waals surface area contributed by atoms with Gasteiger partial charge in [-0.25, -0.2) is 4.79 Å². The number of aromatic carboxylic acids is 1. The van der Waals surface area contributed by atoms with Crippen LogP contribution in [0.5, 0.6) is 28.7 Å². The number of nitrogens with zero attached hydrogens (tertiary/aromatic N) is 6. The topological polar surface area (TPSA) is 197 Å². The number of thiocarbonyl (C=S) groups is 2. The molecule has 2 aliphatic heterocycles. The first kappa shape index (κ1) is 56.6. The van der Waals surface area contributed by atoms with Crippen LogP contribution in [0.15, 0.2) is 73.3 Å². The molecule has 0 radical (unpaired) electrons. The number of isothiocyanates is 2. The first-order valence-corrected chi connectivity index (χ1v) is 27.2. The average Bonchev–Trinajstić information content (AvgIpc) is 4.02. The number of rotatable bonds is 17. The van der Waals surface area contributed by atoms with Gasteiger partial charge in [0.1, 0.15) is 43.7 Å². The molecule has 378 valence electrons. The quantitative estimate of drug-likeness (QED) is 0.0297. The normalized spacial score (nSPS) is 11.8. The Hall–Kier alpha value is -5.72. The Labute approximate surface area is 461 Å². The van der Waals surface area contributed by atoms with Gasteiger partial charge in [0.2, 0.25) is 0 Å². The second-order valence-electron chi connectivity index (χ2n) is 15.9. The number of thiophene rings is 4. The summed E-state index contributed by atoms with van der Waals surface area (Å²) in [5.74, 6) is 3.26. The molecule has 0 saturated carbocycles. The zero-order valence-electron chi connectivity index (χ0n) is 39.7. The molecular formula is C52H48N6O8RuS6. The van der Waals surface area contributed by atoms with Crippen molar-refractivity contribution in [1.82, 2.24) is 19.9 Å². The fourth-order valence-corrected chi connectivity index (χ4v) is 13.4. The average molecular weight is 1180 g/mol. The molecule has 0 saturated heterocycles. The smallest absolute Gasteiger partial charge is 0.753 e. The maximum Gasteiger partial charge on any atom is 2.00 e. The predicted octanol–water partition coefficient (Wildman–Crippen LogP) is 14.5. The molecule has 0 aromatic carbocycles. The summed E-state index contributed by atoms with van der Waals surface area (Å²) in [6.45, 7) is 7.06. The molecule has 0 unspecified atom stereocenters. The summed E-state index contributed by atoms with van der Waals surface area (Å²) in [6.07, 6.45) is 18.7. The van der Waals surface area contributed by atoms with Gasteiger partial charge in [0.25, 0.3) is 6.47 Å². The number of carboxylic acids is 1. The van der Waals surface area contributed by atoms with Crippen LogP contribution in [0.1, 0.15) is 85.3 Å². The van der Waals surface area contributed by atoms with Crippen LogP contribution in [0.2, 0.25) is 0 Å². The van der Waals surface area contributed by atoms with Crippen molar-refractivity contribution in [2.45, 2.75) is 78.1 Å². The summed E-state index contributed by atoms with van der Waals surface area (Å²) in [5.41, 5.74) is 4.79. The number of unbranched alkanes of at least 4 members (excludes halogenated alkanes) is 6. The molecule has 0 spiro atoms. The molecule has 73 heavy (non-hydrogen) atoms. The molecule has 10 rings (SSSR count). The third-order valence-electron chi connectivity index (χ3n) is 11.2. The van der Waals surface area contributed by atoms with Gasteiger partial charge in [0.15, 0.2) is 11.5 Å².